The second-order valence-corrected chi connectivity index (χ2v) is 3.81. The molecule has 0 bridgehead atoms. The van der Waals surface area contributed by atoms with Crippen LogP contribution in [0.25, 0.3) is 0 Å². The fourth-order valence-corrected chi connectivity index (χ4v) is 1.75. The summed E-state index contributed by atoms with van der Waals surface area (Å²) in [7, 11) is 0. The van der Waals surface area contributed by atoms with Gasteiger partial charge in [-0.05, 0) is 24.8 Å². The van der Waals surface area contributed by atoms with Gasteiger partial charge in [0.2, 0.25) is 0 Å². The van der Waals surface area contributed by atoms with Crippen LogP contribution in [0.2, 0.25) is 0 Å². The van der Waals surface area contributed by atoms with Crippen molar-refractivity contribution >= 4 is 17.6 Å². The van der Waals surface area contributed by atoms with Gasteiger partial charge in [-0.15, -0.1) is 0 Å². The molecular formula is C9H14N2OS. The minimum atomic E-state index is -0.510. The highest BCUT2D eigenvalue weighted by Crippen LogP contribution is 2.24. The fourth-order valence-electron chi connectivity index (χ4n) is 1.27. The highest BCUT2D eigenvalue weighted by atomic mass is 32.2. The third kappa shape index (κ3) is 2.35. The van der Waals surface area contributed by atoms with Gasteiger partial charge in [-0.2, -0.15) is 11.8 Å². The summed E-state index contributed by atoms with van der Waals surface area (Å²) in [5, 5.41) is 9.74. The Morgan fingerprint density at radius 2 is 2.38 bits per heavy atom. The molecule has 13 heavy (non-hydrogen) atoms. The predicted octanol–water partition coefficient (Wildman–Crippen LogP) is 1.37. The first-order chi connectivity index (χ1) is 6.16. The summed E-state index contributed by atoms with van der Waals surface area (Å²) in [6.45, 7) is 1.93. The van der Waals surface area contributed by atoms with Crippen molar-refractivity contribution in [2.24, 2.45) is 0 Å². The first-order valence-corrected chi connectivity index (χ1v) is 5.44. The number of rotatable bonds is 3. The van der Waals surface area contributed by atoms with Crippen LogP contribution in [0.1, 0.15) is 17.2 Å². The third-order valence-corrected chi connectivity index (χ3v) is 2.55. The standard InChI is InChI=1S/C9H14N2OS/c1-6-3-4-11-9(10)8(6)7(12)5-13-2/h3-4,7,12H,5H2,1-2H3,(H2,10,11). The zero-order valence-electron chi connectivity index (χ0n) is 7.82. The third-order valence-electron chi connectivity index (χ3n) is 1.90. The molecule has 72 valence electrons. The molecule has 1 rings (SSSR count). The Bertz CT molecular complexity index is 271. The number of aromatic nitrogens is 1. The fraction of sp³-hybridized carbons (Fsp3) is 0.444. The normalized spacial score (nSPS) is 12.8. The second kappa shape index (κ2) is 4.48. The van der Waals surface area contributed by atoms with Crippen molar-refractivity contribution in [2.75, 3.05) is 17.7 Å². The van der Waals surface area contributed by atoms with E-state index >= 15 is 0 Å². The van der Waals surface area contributed by atoms with Gasteiger partial charge in [0.1, 0.15) is 5.82 Å². The van der Waals surface area contributed by atoms with Gasteiger partial charge in [-0.3, -0.25) is 0 Å². The molecule has 3 nitrogen and oxygen atoms in total. The lowest BCUT2D eigenvalue weighted by Crippen LogP contribution is -2.08. The van der Waals surface area contributed by atoms with Crippen LogP contribution < -0.4 is 5.73 Å². The van der Waals surface area contributed by atoms with Crippen molar-refractivity contribution in [3.05, 3.63) is 23.4 Å². The molecule has 0 aromatic carbocycles. The average molecular weight is 198 g/mol. The van der Waals surface area contributed by atoms with E-state index in [2.05, 4.69) is 4.98 Å². The molecule has 0 fully saturated rings. The maximum Gasteiger partial charge on any atom is 0.129 e. The lowest BCUT2D eigenvalue weighted by molar-refractivity contribution is 0.204. The van der Waals surface area contributed by atoms with E-state index in [-0.39, 0.29) is 0 Å². The number of thioether (sulfide) groups is 1. The van der Waals surface area contributed by atoms with E-state index in [0.717, 1.165) is 11.1 Å². The van der Waals surface area contributed by atoms with Gasteiger partial charge in [0.05, 0.1) is 6.10 Å². The maximum atomic E-state index is 9.74. The minimum Gasteiger partial charge on any atom is -0.387 e. The number of aryl methyl sites for hydroxylation is 1. The number of aliphatic hydroxyl groups excluding tert-OH is 1. The zero-order valence-corrected chi connectivity index (χ0v) is 8.64. The van der Waals surface area contributed by atoms with Crippen LogP contribution in [0.15, 0.2) is 12.3 Å². The molecule has 0 aliphatic carbocycles. The number of nitrogens with zero attached hydrogens (tertiary/aromatic N) is 1. The van der Waals surface area contributed by atoms with Crippen LogP contribution >= 0.6 is 11.8 Å². The van der Waals surface area contributed by atoms with Gasteiger partial charge in [0.25, 0.3) is 0 Å². The van der Waals surface area contributed by atoms with E-state index in [9.17, 15) is 5.11 Å². The number of aliphatic hydroxyl groups is 1. The highest BCUT2D eigenvalue weighted by molar-refractivity contribution is 7.98. The van der Waals surface area contributed by atoms with Crippen LogP contribution in [0.4, 0.5) is 5.82 Å². The van der Waals surface area contributed by atoms with Crippen molar-refractivity contribution in [2.45, 2.75) is 13.0 Å². The largest absolute Gasteiger partial charge is 0.387 e. The number of pyridine rings is 1. The topological polar surface area (TPSA) is 59.1 Å². The number of nitrogens with two attached hydrogens (primary N) is 1. The van der Waals surface area contributed by atoms with Gasteiger partial charge in [0, 0.05) is 17.5 Å². The van der Waals surface area contributed by atoms with Crippen LogP contribution in [0, 0.1) is 6.92 Å². The molecule has 1 heterocycles. The summed E-state index contributed by atoms with van der Waals surface area (Å²) < 4.78 is 0. The maximum absolute atomic E-state index is 9.74. The number of anilines is 1. The molecule has 0 radical (unpaired) electrons. The molecule has 4 heteroatoms. The zero-order chi connectivity index (χ0) is 9.84. The summed E-state index contributed by atoms with van der Waals surface area (Å²) in [6.07, 6.45) is 3.09. The van der Waals surface area contributed by atoms with E-state index in [1.807, 2.05) is 19.2 Å². The molecule has 0 saturated carbocycles. The van der Waals surface area contributed by atoms with E-state index in [1.54, 1.807) is 18.0 Å². The van der Waals surface area contributed by atoms with Gasteiger partial charge in [-0.25, -0.2) is 4.98 Å². The van der Waals surface area contributed by atoms with Gasteiger partial charge < -0.3 is 10.8 Å². The smallest absolute Gasteiger partial charge is 0.129 e. The molecule has 0 aliphatic heterocycles. The monoisotopic (exact) mass is 198 g/mol. The van der Waals surface area contributed by atoms with Crippen molar-refractivity contribution in [1.29, 1.82) is 0 Å². The quantitative estimate of drug-likeness (QED) is 0.770. The molecule has 3 N–H and O–H groups in total. The van der Waals surface area contributed by atoms with E-state index in [4.69, 9.17) is 5.73 Å². The molecule has 0 saturated heterocycles. The second-order valence-electron chi connectivity index (χ2n) is 2.90. The van der Waals surface area contributed by atoms with Gasteiger partial charge in [-0.1, -0.05) is 0 Å². The van der Waals surface area contributed by atoms with Gasteiger partial charge >= 0.3 is 0 Å². The highest BCUT2D eigenvalue weighted by Gasteiger charge is 2.13. The van der Waals surface area contributed by atoms with Crippen molar-refractivity contribution in [3.63, 3.8) is 0 Å². The Hall–Kier alpha value is -0.740. The van der Waals surface area contributed by atoms with E-state index in [1.165, 1.54) is 0 Å². The SMILES string of the molecule is CSCC(O)c1c(C)ccnc1N. The Morgan fingerprint density at radius 3 is 2.92 bits per heavy atom. The summed E-state index contributed by atoms with van der Waals surface area (Å²) >= 11 is 1.59. The average Bonchev–Trinajstić information content (AvgIpc) is 2.04. The molecule has 0 spiro atoms. The van der Waals surface area contributed by atoms with Crippen LogP contribution in [0.3, 0.4) is 0 Å². The van der Waals surface area contributed by atoms with E-state index < -0.39 is 6.10 Å². The number of hydrogen-bond acceptors (Lipinski definition) is 4. The first kappa shape index (κ1) is 10.3. The van der Waals surface area contributed by atoms with Crippen molar-refractivity contribution < 1.29 is 5.11 Å². The number of hydrogen-bond donors (Lipinski definition) is 2. The lowest BCUT2D eigenvalue weighted by Gasteiger charge is -2.13. The van der Waals surface area contributed by atoms with Crippen LogP contribution in [-0.2, 0) is 0 Å². The molecule has 1 unspecified atom stereocenters. The molecule has 0 amide bonds. The summed E-state index contributed by atoms with van der Waals surface area (Å²) in [5.41, 5.74) is 7.43. The summed E-state index contributed by atoms with van der Waals surface area (Å²) in [6, 6.07) is 1.86. The number of nitrogen functional groups attached to an aromatic ring is 1. The Morgan fingerprint density at radius 1 is 1.69 bits per heavy atom. The van der Waals surface area contributed by atoms with Gasteiger partial charge in [0.15, 0.2) is 0 Å². The first-order valence-electron chi connectivity index (χ1n) is 4.04. The van der Waals surface area contributed by atoms with E-state index in [0.29, 0.717) is 11.6 Å². The summed E-state index contributed by atoms with van der Waals surface area (Å²) in [4.78, 5) is 3.95. The molecular weight excluding hydrogens is 184 g/mol. The Balaban J connectivity index is 2.98. The molecule has 0 aliphatic rings. The summed E-state index contributed by atoms with van der Waals surface area (Å²) in [5.74, 6) is 1.08. The Kier molecular flexibility index (Phi) is 3.57. The molecule has 1 atom stereocenters. The van der Waals surface area contributed by atoms with Crippen molar-refractivity contribution in [3.8, 4) is 0 Å². The van der Waals surface area contributed by atoms with Crippen LogP contribution in [0.5, 0.6) is 0 Å². The predicted molar refractivity (Wildman–Crippen MR) is 56.7 cm³/mol. The Labute approximate surface area is 82.4 Å². The molecule has 1 aromatic rings. The minimum absolute atomic E-state index is 0.432. The molecule has 1 aromatic heterocycles. The van der Waals surface area contributed by atoms with Crippen molar-refractivity contribution in [1.82, 2.24) is 4.98 Å². The lowest BCUT2D eigenvalue weighted by atomic mass is 10.1. The van der Waals surface area contributed by atoms with Crippen LogP contribution in [-0.4, -0.2) is 22.1 Å².